The van der Waals surface area contributed by atoms with E-state index in [0.717, 1.165) is 23.2 Å². The second-order valence-corrected chi connectivity index (χ2v) is 6.07. The van der Waals surface area contributed by atoms with E-state index >= 15 is 0 Å². The van der Waals surface area contributed by atoms with Crippen LogP contribution in [-0.4, -0.2) is 19.1 Å². The van der Waals surface area contributed by atoms with Crippen LogP contribution in [0, 0.1) is 13.8 Å². The van der Waals surface area contributed by atoms with E-state index in [0.29, 0.717) is 35.3 Å². The smallest absolute Gasteiger partial charge is 0.255 e. The molecule has 0 bridgehead atoms. The summed E-state index contributed by atoms with van der Waals surface area (Å²) in [5.74, 6) is 0.792. The maximum atomic E-state index is 12.5. The van der Waals surface area contributed by atoms with Gasteiger partial charge >= 0.3 is 0 Å². The normalized spacial score (nSPS) is 13.3. The van der Waals surface area contributed by atoms with Gasteiger partial charge in [0.25, 0.3) is 5.91 Å². The maximum Gasteiger partial charge on any atom is 0.255 e. The molecule has 0 unspecified atom stereocenters. The van der Waals surface area contributed by atoms with Gasteiger partial charge in [0, 0.05) is 17.7 Å². The Morgan fingerprint density at radius 2 is 1.74 bits per heavy atom. The lowest BCUT2D eigenvalue weighted by Crippen LogP contribution is -2.12. The van der Waals surface area contributed by atoms with Crippen LogP contribution in [0.5, 0.6) is 11.5 Å². The number of aryl methyl sites for hydroxylation is 2. The van der Waals surface area contributed by atoms with Gasteiger partial charge in [-0.25, -0.2) is 0 Å². The number of carbonyl (C=O) groups is 1. The molecule has 0 aliphatic carbocycles. The average Bonchev–Trinajstić information content (AvgIpc) is 2.71. The summed E-state index contributed by atoms with van der Waals surface area (Å²) >= 11 is 6.23. The third-order valence-electron chi connectivity index (χ3n) is 3.54. The molecule has 1 heterocycles. The second-order valence-electron chi connectivity index (χ2n) is 5.67. The number of hydrogen-bond donors (Lipinski definition) is 1. The fourth-order valence-corrected chi connectivity index (χ4v) is 2.88. The van der Waals surface area contributed by atoms with Gasteiger partial charge in [0.1, 0.15) is 0 Å². The highest BCUT2D eigenvalue weighted by Crippen LogP contribution is 2.38. The molecule has 0 saturated heterocycles. The average molecular weight is 332 g/mol. The van der Waals surface area contributed by atoms with Gasteiger partial charge in [-0.3, -0.25) is 4.79 Å². The fraction of sp³-hybridized carbons (Fsp3) is 0.278. The third-order valence-corrected chi connectivity index (χ3v) is 3.82. The second kappa shape index (κ2) is 6.50. The van der Waals surface area contributed by atoms with Crippen LogP contribution >= 0.6 is 11.6 Å². The molecule has 2 aromatic rings. The van der Waals surface area contributed by atoms with Crippen LogP contribution in [0.15, 0.2) is 30.3 Å². The van der Waals surface area contributed by atoms with Crippen molar-refractivity contribution in [3.63, 3.8) is 0 Å². The first-order chi connectivity index (χ1) is 11.0. The first-order valence-corrected chi connectivity index (χ1v) is 7.89. The lowest BCUT2D eigenvalue weighted by atomic mass is 10.1. The Bertz CT molecular complexity index is 738. The summed E-state index contributed by atoms with van der Waals surface area (Å²) in [5, 5.41) is 3.28. The van der Waals surface area contributed by atoms with Crippen LogP contribution in [0.3, 0.4) is 0 Å². The molecule has 2 aromatic carbocycles. The Morgan fingerprint density at radius 1 is 1.04 bits per heavy atom. The Labute approximate surface area is 140 Å². The molecule has 0 aromatic heterocycles. The highest BCUT2D eigenvalue weighted by molar-refractivity contribution is 6.32. The lowest BCUT2D eigenvalue weighted by Gasteiger charge is -2.12. The van der Waals surface area contributed by atoms with Crippen molar-refractivity contribution in [2.75, 3.05) is 18.5 Å². The van der Waals surface area contributed by atoms with Crippen LogP contribution < -0.4 is 14.8 Å². The SMILES string of the molecule is Cc1cc(C)cc(NC(=O)c2cc(Cl)c3c(c2)OCCCO3)c1. The van der Waals surface area contributed by atoms with Gasteiger partial charge in [0.15, 0.2) is 11.5 Å². The molecular formula is C18H18ClNO3. The Balaban J connectivity index is 1.87. The molecule has 120 valence electrons. The number of anilines is 1. The van der Waals surface area contributed by atoms with Crippen molar-refractivity contribution in [3.05, 3.63) is 52.0 Å². The molecule has 23 heavy (non-hydrogen) atoms. The molecule has 0 atom stereocenters. The van der Waals surface area contributed by atoms with E-state index in [9.17, 15) is 4.79 Å². The lowest BCUT2D eigenvalue weighted by molar-refractivity contribution is 0.102. The Hall–Kier alpha value is -2.20. The van der Waals surface area contributed by atoms with Crippen molar-refractivity contribution in [2.24, 2.45) is 0 Å². The first-order valence-electron chi connectivity index (χ1n) is 7.52. The summed E-state index contributed by atoms with van der Waals surface area (Å²) in [5.41, 5.74) is 3.39. The zero-order valence-corrected chi connectivity index (χ0v) is 13.9. The summed E-state index contributed by atoms with van der Waals surface area (Å²) in [6.45, 7) is 5.09. The minimum Gasteiger partial charge on any atom is -0.489 e. The number of fused-ring (bicyclic) bond motifs is 1. The number of ether oxygens (including phenoxy) is 2. The van der Waals surface area contributed by atoms with Crippen molar-refractivity contribution in [2.45, 2.75) is 20.3 Å². The summed E-state index contributed by atoms with van der Waals surface area (Å²) in [6.07, 6.45) is 0.787. The van der Waals surface area contributed by atoms with Gasteiger partial charge in [0.2, 0.25) is 0 Å². The topological polar surface area (TPSA) is 47.6 Å². The molecular weight excluding hydrogens is 314 g/mol. The molecule has 0 fully saturated rings. The van der Waals surface area contributed by atoms with Crippen LogP contribution in [0.4, 0.5) is 5.69 Å². The van der Waals surface area contributed by atoms with Gasteiger partial charge in [-0.15, -0.1) is 0 Å². The molecule has 1 aliphatic heterocycles. The number of hydrogen-bond acceptors (Lipinski definition) is 3. The van der Waals surface area contributed by atoms with Crippen LogP contribution in [0.25, 0.3) is 0 Å². The van der Waals surface area contributed by atoms with E-state index in [2.05, 4.69) is 11.4 Å². The molecule has 1 amide bonds. The molecule has 0 radical (unpaired) electrons. The minimum atomic E-state index is -0.229. The van der Waals surface area contributed by atoms with Gasteiger partial charge in [0.05, 0.1) is 18.2 Å². The minimum absolute atomic E-state index is 0.229. The molecule has 3 rings (SSSR count). The van der Waals surface area contributed by atoms with Crippen LogP contribution in [0.2, 0.25) is 5.02 Å². The quantitative estimate of drug-likeness (QED) is 0.888. The van der Waals surface area contributed by atoms with Gasteiger partial charge in [-0.2, -0.15) is 0 Å². The molecule has 0 saturated carbocycles. The van der Waals surface area contributed by atoms with Gasteiger partial charge < -0.3 is 14.8 Å². The molecule has 1 aliphatic rings. The zero-order valence-electron chi connectivity index (χ0n) is 13.1. The van der Waals surface area contributed by atoms with Crippen molar-refractivity contribution in [3.8, 4) is 11.5 Å². The van der Waals surface area contributed by atoms with E-state index < -0.39 is 0 Å². The van der Waals surface area contributed by atoms with Crippen molar-refractivity contribution in [1.29, 1.82) is 0 Å². The highest BCUT2D eigenvalue weighted by atomic mass is 35.5. The number of benzene rings is 2. The number of rotatable bonds is 2. The van der Waals surface area contributed by atoms with Crippen LogP contribution in [0.1, 0.15) is 27.9 Å². The Morgan fingerprint density at radius 3 is 2.48 bits per heavy atom. The van der Waals surface area contributed by atoms with E-state index in [1.807, 2.05) is 26.0 Å². The zero-order chi connectivity index (χ0) is 16.4. The number of nitrogens with one attached hydrogen (secondary N) is 1. The van der Waals surface area contributed by atoms with E-state index in [-0.39, 0.29) is 5.91 Å². The molecule has 5 heteroatoms. The molecule has 0 spiro atoms. The van der Waals surface area contributed by atoms with E-state index in [1.54, 1.807) is 12.1 Å². The largest absolute Gasteiger partial charge is 0.489 e. The van der Waals surface area contributed by atoms with Gasteiger partial charge in [-0.1, -0.05) is 17.7 Å². The van der Waals surface area contributed by atoms with Crippen molar-refractivity contribution < 1.29 is 14.3 Å². The standard InChI is InChI=1S/C18H18ClNO3/c1-11-6-12(2)8-14(7-11)20-18(21)13-9-15(19)17-16(10-13)22-4-3-5-23-17/h6-10H,3-5H2,1-2H3,(H,20,21). The third kappa shape index (κ3) is 3.59. The summed E-state index contributed by atoms with van der Waals surface area (Å²) in [4.78, 5) is 12.5. The highest BCUT2D eigenvalue weighted by Gasteiger charge is 2.18. The van der Waals surface area contributed by atoms with Crippen molar-refractivity contribution >= 4 is 23.2 Å². The van der Waals surface area contributed by atoms with E-state index in [4.69, 9.17) is 21.1 Å². The predicted octanol–water partition coefficient (Wildman–Crippen LogP) is 4.37. The van der Waals surface area contributed by atoms with Crippen molar-refractivity contribution in [1.82, 2.24) is 0 Å². The van der Waals surface area contributed by atoms with Gasteiger partial charge in [-0.05, 0) is 49.2 Å². The summed E-state index contributed by atoms with van der Waals surface area (Å²) in [6, 6.07) is 9.18. The number of halogens is 1. The predicted molar refractivity (Wildman–Crippen MR) is 90.9 cm³/mol. The summed E-state index contributed by atoms with van der Waals surface area (Å²) in [7, 11) is 0. The first kappa shape index (κ1) is 15.7. The molecule has 4 nitrogen and oxygen atoms in total. The Kier molecular flexibility index (Phi) is 4.44. The number of amides is 1. The van der Waals surface area contributed by atoms with E-state index in [1.165, 1.54) is 0 Å². The number of carbonyl (C=O) groups excluding carboxylic acids is 1. The molecule has 1 N–H and O–H groups in total. The monoisotopic (exact) mass is 331 g/mol. The maximum absolute atomic E-state index is 12.5. The summed E-state index contributed by atoms with van der Waals surface area (Å²) < 4.78 is 11.2. The fourth-order valence-electron chi connectivity index (χ4n) is 2.61. The van der Waals surface area contributed by atoms with Crippen LogP contribution in [-0.2, 0) is 0 Å².